The molecule has 6 nitrogen and oxygen atoms in total. The summed E-state index contributed by atoms with van der Waals surface area (Å²) < 4.78 is 7.45. The molecule has 2 aromatic heterocycles. The van der Waals surface area contributed by atoms with Crippen molar-refractivity contribution < 1.29 is 9.53 Å². The van der Waals surface area contributed by atoms with E-state index in [1.165, 1.54) is 11.1 Å². The van der Waals surface area contributed by atoms with Gasteiger partial charge in [0.1, 0.15) is 5.75 Å². The summed E-state index contributed by atoms with van der Waals surface area (Å²) >= 11 is 1.69. The molecule has 0 aliphatic carbocycles. The minimum Gasteiger partial charge on any atom is -0.497 e. The highest BCUT2D eigenvalue weighted by molar-refractivity contribution is 7.98. The molecule has 3 aromatic carbocycles. The molecule has 1 amide bonds. The molecular weight excluding hydrogens is 480 g/mol. The number of carbonyl (C=O) groups excluding carboxylic acids is 1. The molecule has 186 valence electrons. The predicted molar refractivity (Wildman–Crippen MR) is 148 cm³/mol. The zero-order valence-corrected chi connectivity index (χ0v) is 21.7. The second kappa shape index (κ2) is 11.3. The Morgan fingerprint density at radius 3 is 2.51 bits per heavy atom. The molecule has 1 N–H and O–H groups in total. The number of thioether (sulfide) groups is 1. The Bertz CT molecular complexity index is 1510. The Hall–Kier alpha value is -4.10. The molecule has 0 aliphatic rings. The van der Waals surface area contributed by atoms with Crippen molar-refractivity contribution in [3.63, 3.8) is 0 Å². The number of aromatic nitrogens is 3. The fourth-order valence-corrected chi connectivity index (χ4v) is 5.10. The number of benzene rings is 3. The van der Waals surface area contributed by atoms with Gasteiger partial charge in [-0.25, -0.2) is 4.98 Å². The molecule has 5 rings (SSSR count). The van der Waals surface area contributed by atoms with Crippen molar-refractivity contribution >= 4 is 28.7 Å². The standard InChI is InChI=1S/C30H28N4O2S/c1-21-4-3-5-24(16-21)17-32-29(35)25-10-6-22(7-11-25)19-34-28-18-31-15-14-27(28)33-30(34)37-20-23-8-12-26(36-2)13-9-23/h3-16,18H,17,19-20H2,1-2H3,(H,32,35). The summed E-state index contributed by atoms with van der Waals surface area (Å²) in [5.74, 6) is 1.56. The molecule has 7 heteroatoms. The SMILES string of the molecule is COc1ccc(CSc2nc3ccncc3n2Cc2ccc(C(=O)NCc3cccc(C)c3)cc2)cc1. The molecule has 37 heavy (non-hydrogen) atoms. The molecule has 0 atom stereocenters. The highest BCUT2D eigenvalue weighted by atomic mass is 32.2. The maximum absolute atomic E-state index is 12.7. The number of ether oxygens (including phenoxy) is 1. The third kappa shape index (κ3) is 6.01. The number of pyridine rings is 1. The van der Waals surface area contributed by atoms with Gasteiger partial charge in [-0.15, -0.1) is 0 Å². The van der Waals surface area contributed by atoms with Crippen molar-refractivity contribution in [1.82, 2.24) is 19.9 Å². The van der Waals surface area contributed by atoms with Crippen LogP contribution in [0.1, 0.15) is 32.6 Å². The lowest BCUT2D eigenvalue weighted by atomic mass is 10.1. The van der Waals surface area contributed by atoms with Crippen molar-refractivity contribution in [2.75, 3.05) is 7.11 Å². The van der Waals surface area contributed by atoms with Gasteiger partial charge in [-0.3, -0.25) is 9.78 Å². The van der Waals surface area contributed by atoms with E-state index in [-0.39, 0.29) is 5.91 Å². The van der Waals surface area contributed by atoms with Crippen LogP contribution < -0.4 is 10.1 Å². The van der Waals surface area contributed by atoms with Crippen LogP contribution in [0.5, 0.6) is 5.75 Å². The minimum absolute atomic E-state index is 0.0823. The van der Waals surface area contributed by atoms with Crippen LogP contribution in [0, 0.1) is 6.92 Å². The summed E-state index contributed by atoms with van der Waals surface area (Å²) in [5.41, 5.74) is 7.10. The van der Waals surface area contributed by atoms with Crippen LogP contribution >= 0.6 is 11.8 Å². The fraction of sp³-hybridized carbons (Fsp3) is 0.167. The summed E-state index contributed by atoms with van der Waals surface area (Å²) in [4.78, 5) is 21.9. The zero-order chi connectivity index (χ0) is 25.6. The number of carbonyl (C=O) groups is 1. The van der Waals surface area contributed by atoms with E-state index >= 15 is 0 Å². The number of imidazole rings is 1. The third-order valence-corrected chi connectivity index (χ3v) is 7.18. The van der Waals surface area contributed by atoms with Gasteiger partial charge in [-0.2, -0.15) is 0 Å². The highest BCUT2D eigenvalue weighted by Gasteiger charge is 2.13. The van der Waals surface area contributed by atoms with Crippen molar-refractivity contribution in [1.29, 1.82) is 0 Å². The lowest BCUT2D eigenvalue weighted by Gasteiger charge is -2.11. The Kier molecular flexibility index (Phi) is 7.51. The molecule has 0 aliphatic heterocycles. The van der Waals surface area contributed by atoms with Gasteiger partial charge in [0, 0.05) is 24.1 Å². The highest BCUT2D eigenvalue weighted by Crippen LogP contribution is 2.28. The van der Waals surface area contributed by atoms with Crippen LogP contribution in [0.2, 0.25) is 0 Å². The molecule has 0 saturated carbocycles. The van der Waals surface area contributed by atoms with Crippen LogP contribution in [0.25, 0.3) is 11.0 Å². The molecule has 5 aromatic rings. The van der Waals surface area contributed by atoms with E-state index in [2.05, 4.69) is 33.1 Å². The van der Waals surface area contributed by atoms with Gasteiger partial charge in [0.05, 0.1) is 30.9 Å². The average molecular weight is 509 g/mol. The molecule has 0 saturated heterocycles. The number of hydrogen-bond acceptors (Lipinski definition) is 5. The van der Waals surface area contributed by atoms with Crippen molar-refractivity contribution in [2.24, 2.45) is 0 Å². The van der Waals surface area contributed by atoms with Gasteiger partial charge in [-0.1, -0.05) is 65.9 Å². The van der Waals surface area contributed by atoms with Crippen LogP contribution in [0.15, 0.2) is 96.4 Å². The Labute approximate surface area is 220 Å². The first-order valence-corrected chi connectivity index (χ1v) is 13.1. The fourth-order valence-electron chi connectivity index (χ4n) is 4.13. The molecule has 0 fully saturated rings. The summed E-state index contributed by atoms with van der Waals surface area (Å²) in [7, 11) is 1.67. The van der Waals surface area contributed by atoms with E-state index in [0.29, 0.717) is 18.7 Å². The first kappa shape index (κ1) is 24.6. The monoisotopic (exact) mass is 508 g/mol. The molecule has 0 bridgehead atoms. The van der Waals surface area contributed by atoms with Crippen LogP contribution in [-0.2, 0) is 18.8 Å². The second-order valence-corrected chi connectivity index (χ2v) is 9.79. The number of aryl methyl sites for hydroxylation is 1. The number of fused-ring (bicyclic) bond motifs is 1. The first-order chi connectivity index (χ1) is 18.1. The summed E-state index contributed by atoms with van der Waals surface area (Å²) in [6.45, 7) is 3.19. The lowest BCUT2D eigenvalue weighted by molar-refractivity contribution is 0.0951. The Morgan fingerprint density at radius 2 is 1.76 bits per heavy atom. The summed E-state index contributed by atoms with van der Waals surface area (Å²) in [6, 6.07) is 25.9. The molecule has 2 heterocycles. The van der Waals surface area contributed by atoms with Gasteiger partial charge in [-0.05, 0) is 53.9 Å². The minimum atomic E-state index is -0.0823. The Morgan fingerprint density at radius 1 is 0.973 bits per heavy atom. The van der Waals surface area contributed by atoms with Gasteiger partial charge in [0.25, 0.3) is 5.91 Å². The van der Waals surface area contributed by atoms with E-state index < -0.39 is 0 Å². The van der Waals surface area contributed by atoms with Gasteiger partial charge >= 0.3 is 0 Å². The zero-order valence-electron chi connectivity index (χ0n) is 20.8. The van der Waals surface area contributed by atoms with Gasteiger partial charge in [0.2, 0.25) is 0 Å². The number of nitrogens with one attached hydrogen (secondary N) is 1. The quantitative estimate of drug-likeness (QED) is 0.247. The van der Waals surface area contributed by atoms with E-state index in [1.54, 1.807) is 25.1 Å². The smallest absolute Gasteiger partial charge is 0.251 e. The molecular formula is C30H28N4O2S. The van der Waals surface area contributed by atoms with Crippen LogP contribution in [0.4, 0.5) is 0 Å². The maximum atomic E-state index is 12.7. The molecule has 0 spiro atoms. The second-order valence-electron chi connectivity index (χ2n) is 8.85. The normalized spacial score (nSPS) is 11.0. The molecule has 0 radical (unpaired) electrons. The van der Waals surface area contributed by atoms with Crippen LogP contribution in [0.3, 0.4) is 0 Å². The van der Waals surface area contributed by atoms with Crippen molar-refractivity contribution in [2.45, 2.75) is 30.9 Å². The maximum Gasteiger partial charge on any atom is 0.251 e. The predicted octanol–water partition coefficient (Wildman–Crippen LogP) is 6.02. The topological polar surface area (TPSA) is 69.0 Å². The van der Waals surface area contributed by atoms with E-state index in [9.17, 15) is 4.79 Å². The van der Waals surface area contributed by atoms with Crippen LogP contribution in [-0.4, -0.2) is 27.6 Å². The summed E-state index contributed by atoms with van der Waals surface area (Å²) in [6.07, 6.45) is 3.62. The number of hydrogen-bond donors (Lipinski definition) is 1. The number of nitrogens with zero attached hydrogens (tertiary/aromatic N) is 3. The first-order valence-electron chi connectivity index (χ1n) is 12.1. The number of rotatable bonds is 9. The van der Waals surface area contributed by atoms with Gasteiger partial charge in [0.15, 0.2) is 5.16 Å². The Balaban J connectivity index is 1.29. The number of amides is 1. The summed E-state index contributed by atoms with van der Waals surface area (Å²) in [5, 5.41) is 3.94. The van der Waals surface area contributed by atoms with E-state index in [4.69, 9.17) is 9.72 Å². The van der Waals surface area contributed by atoms with Crippen molar-refractivity contribution in [3.05, 3.63) is 119 Å². The van der Waals surface area contributed by atoms with E-state index in [0.717, 1.165) is 38.8 Å². The van der Waals surface area contributed by atoms with E-state index in [1.807, 2.05) is 73.8 Å². The average Bonchev–Trinajstić information content (AvgIpc) is 3.28. The molecule has 0 unspecified atom stereocenters. The third-order valence-electron chi connectivity index (χ3n) is 6.13. The van der Waals surface area contributed by atoms with Gasteiger partial charge < -0.3 is 14.6 Å². The number of methoxy groups -OCH3 is 1. The lowest BCUT2D eigenvalue weighted by Crippen LogP contribution is -2.22. The largest absolute Gasteiger partial charge is 0.497 e. The van der Waals surface area contributed by atoms with Crippen molar-refractivity contribution in [3.8, 4) is 5.75 Å².